The Balaban J connectivity index is 1.44. The van der Waals surface area contributed by atoms with Gasteiger partial charge >= 0.3 is 0 Å². The Morgan fingerprint density at radius 2 is 2.18 bits per heavy atom. The van der Waals surface area contributed by atoms with Crippen LogP contribution in [0, 0.1) is 18.8 Å². The van der Waals surface area contributed by atoms with Crippen LogP contribution >= 0.6 is 0 Å². The predicted octanol–water partition coefficient (Wildman–Crippen LogP) is 1.89. The number of nitrogens with one attached hydrogen (secondary N) is 1. The summed E-state index contributed by atoms with van der Waals surface area (Å²) in [6.07, 6.45) is 9.19. The van der Waals surface area contributed by atoms with E-state index in [2.05, 4.69) is 54.6 Å². The molecule has 152 valence electrons. The van der Waals surface area contributed by atoms with Crippen LogP contribution in [0.15, 0.2) is 23.7 Å². The quantitative estimate of drug-likeness (QED) is 0.644. The van der Waals surface area contributed by atoms with Crippen LogP contribution in [0.1, 0.15) is 44.4 Å². The van der Waals surface area contributed by atoms with Crippen LogP contribution in [-0.2, 0) is 13.0 Å². The van der Waals surface area contributed by atoms with Gasteiger partial charge in [0.2, 0.25) is 0 Å². The molecule has 8 heteroatoms. The molecule has 1 fully saturated rings. The normalized spacial score (nSPS) is 25.6. The van der Waals surface area contributed by atoms with Gasteiger partial charge in [-0.2, -0.15) is 0 Å². The van der Waals surface area contributed by atoms with Gasteiger partial charge in [-0.05, 0) is 38.5 Å². The first kappa shape index (κ1) is 19.0. The van der Waals surface area contributed by atoms with Crippen molar-refractivity contribution >= 4 is 5.96 Å². The summed E-state index contributed by atoms with van der Waals surface area (Å²) >= 11 is 0. The molecule has 1 N–H and O–H groups in total. The van der Waals surface area contributed by atoms with Crippen molar-refractivity contribution in [1.29, 1.82) is 0 Å². The van der Waals surface area contributed by atoms with Gasteiger partial charge in [0.1, 0.15) is 11.6 Å². The Hall–Kier alpha value is -2.38. The van der Waals surface area contributed by atoms with Gasteiger partial charge in [0.05, 0.1) is 12.4 Å². The van der Waals surface area contributed by atoms with Gasteiger partial charge in [-0.3, -0.25) is 4.99 Å². The highest BCUT2D eigenvalue weighted by molar-refractivity contribution is 5.80. The Kier molecular flexibility index (Phi) is 5.64. The standard InChI is InChI=1S/C20H32N8/c1-4-22-20(23-11-17-5-6-19-25-24-16(3)28(19)12-17)26-9-7-15(2)18(13-26)27-10-8-21-14-27/h8,10,14-15,17-18H,4-7,9,11-13H2,1-3H3,(H,22,23). The van der Waals surface area contributed by atoms with Crippen LogP contribution in [0.2, 0.25) is 0 Å². The van der Waals surface area contributed by atoms with E-state index in [-0.39, 0.29) is 0 Å². The highest BCUT2D eigenvalue weighted by Gasteiger charge is 2.29. The van der Waals surface area contributed by atoms with Gasteiger partial charge < -0.3 is 19.4 Å². The first-order valence-electron chi connectivity index (χ1n) is 10.5. The van der Waals surface area contributed by atoms with Crippen molar-refractivity contribution in [2.75, 3.05) is 26.2 Å². The van der Waals surface area contributed by atoms with Crippen LogP contribution in [0.5, 0.6) is 0 Å². The third-order valence-corrected chi connectivity index (χ3v) is 6.19. The highest BCUT2D eigenvalue weighted by Crippen LogP contribution is 2.27. The molecule has 0 saturated carbocycles. The van der Waals surface area contributed by atoms with E-state index in [1.807, 2.05) is 19.4 Å². The Morgan fingerprint density at radius 1 is 1.29 bits per heavy atom. The minimum absolute atomic E-state index is 0.442. The zero-order chi connectivity index (χ0) is 19.5. The lowest BCUT2D eigenvalue weighted by atomic mass is 9.93. The molecule has 2 aromatic rings. The molecule has 0 radical (unpaired) electrons. The lowest BCUT2D eigenvalue weighted by Gasteiger charge is -2.39. The zero-order valence-electron chi connectivity index (χ0n) is 17.3. The lowest BCUT2D eigenvalue weighted by Crippen LogP contribution is -2.49. The van der Waals surface area contributed by atoms with Crippen molar-refractivity contribution in [3.8, 4) is 0 Å². The van der Waals surface area contributed by atoms with Crippen molar-refractivity contribution in [2.45, 2.75) is 52.6 Å². The van der Waals surface area contributed by atoms with Gasteiger partial charge in [-0.25, -0.2) is 4.98 Å². The minimum atomic E-state index is 0.442. The number of imidazole rings is 1. The molecule has 4 heterocycles. The minimum Gasteiger partial charge on any atom is -0.357 e. The molecule has 0 aromatic carbocycles. The first-order valence-corrected chi connectivity index (χ1v) is 10.5. The zero-order valence-corrected chi connectivity index (χ0v) is 17.3. The molecule has 0 bridgehead atoms. The van der Waals surface area contributed by atoms with Crippen LogP contribution in [0.3, 0.4) is 0 Å². The molecule has 28 heavy (non-hydrogen) atoms. The summed E-state index contributed by atoms with van der Waals surface area (Å²) in [5.41, 5.74) is 0. The van der Waals surface area contributed by atoms with Crippen molar-refractivity contribution in [2.24, 2.45) is 16.8 Å². The number of nitrogens with zero attached hydrogens (tertiary/aromatic N) is 7. The molecular weight excluding hydrogens is 352 g/mol. The van der Waals surface area contributed by atoms with E-state index in [1.165, 1.54) is 6.42 Å². The van der Waals surface area contributed by atoms with E-state index in [0.717, 1.165) is 63.2 Å². The fraction of sp³-hybridized carbons (Fsp3) is 0.700. The van der Waals surface area contributed by atoms with E-state index in [0.29, 0.717) is 17.9 Å². The number of aryl methyl sites for hydroxylation is 2. The second-order valence-electron chi connectivity index (χ2n) is 8.16. The molecule has 2 aliphatic rings. The molecular formula is C20H32N8. The third-order valence-electron chi connectivity index (χ3n) is 6.19. The summed E-state index contributed by atoms with van der Waals surface area (Å²) in [4.78, 5) is 11.7. The Morgan fingerprint density at radius 3 is 2.96 bits per heavy atom. The fourth-order valence-corrected chi connectivity index (χ4v) is 4.42. The Labute approximate surface area is 167 Å². The summed E-state index contributed by atoms with van der Waals surface area (Å²) in [5.74, 6) is 4.37. The second kappa shape index (κ2) is 8.32. The van der Waals surface area contributed by atoms with Crippen molar-refractivity contribution < 1.29 is 0 Å². The molecule has 3 atom stereocenters. The summed E-state index contributed by atoms with van der Waals surface area (Å²) in [5, 5.41) is 12.0. The van der Waals surface area contributed by atoms with Gasteiger partial charge in [0.25, 0.3) is 0 Å². The molecule has 0 amide bonds. The van der Waals surface area contributed by atoms with Gasteiger partial charge in [0.15, 0.2) is 5.96 Å². The van der Waals surface area contributed by atoms with Gasteiger partial charge in [-0.1, -0.05) is 6.92 Å². The number of piperidine rings is 1. The van der Waals surface area contributed by atoms with E-state index in [4.69, 9.17) is 4.99 Å². The largest absolute Gasteiger partial charge is 0.357 e. The van der Waals surface area contributed by atoms with Crippen molar-refractivity contribution in [3.05, 3.63) is 30.4 Å². The summed E-state index contributed by atoms with van der Waals surface area (Å²) < 4.78 is 4.51. The highest BCUT2D eigenvalue weighted by atomic mass is 15.3. The predicted molar refractivity (Wildman–Crippen MR) is 109 cm³/mol. The van der Waals surface area contributed by atoms with E-state index in [9.17, 15) is 0 Å². The number of aliphatic imine (C=N–C) groups is 1. The molecule has 0 aliphatic carbocycles. The van der Waals surface area contributed by atoms with Crippen LogP contribution < -0.4 is 5.32 Å². The van der Waals surface area contributed by atoms with E-state index >= 15 is 0 Å². The lowest BCUT2D eigenvalue weighted by molar-refractivity contribution is 0.188. The molecule has 2 aromatic heterocycles. The topological polar surface area (TPSA) is 76.2 Å². The molecule has 3 unspecified atom stereocenters. The molecule has 2 aliphatic heterocycles. The monoisotopic (exact) mass is 384 g/mol. The fourth-order valence-electron chi connectivity index (χ4n) is 4.42. The first-order chi connectivity index (χ1) is 13.7. The maximum absolute atomic E-state index is 5.04. The maximum atomic E-state index is 5.04. The van der Waals surface area contributed by atoms with Crippen LogP contribution in [-0.4, -0.2) is 61.4 Å². The number of hydrogen-bond acceptors (Lipinski definition) is 4. The number of aromatic nitrogens is 5. The number of hydrogen-bond donors (Lipinski definition) is 1. The van der Waals surface area contributed by atoms with Gasteiger partial charge in [0, 0.05) is 51.5 Å². The SMILES string of the molecule is CCNC(=NCC1CCc2nnc(C)n2C1)N1CCC(C)C(n2ccnc2)C1. The Bertz CT molecular complexity index is 793. The van der Waals surface area contributed by atoms with E-state index < -0.39 is 0 Å². The smallest absolute Gasteiger partial charge is 0.193 e. The maximum Gasteiger partial charge on any atom is 0.193 e. The van der Waals surface area contributed by atoms with Crippen molar-refractivity contribution in [3.63, 3.8) is 0 Å². The second-order valence-corrected chi connectivity index (χ2v) is 8.16. The summed E-state index contributed by atoms with van der Waals surface area (Å²) in [6.45, 7) is 11.3. The number of guanidine groups is 1. The average Bonchev–Trinajstić information content (AvgIpc) is 3.36. The van der Waals surface area contributed by atoms with Gasteiger partial charge in [-0.15, -0.1) is 10.2 Å². The summed E-state index contributed by atoms with van der Waals surface area (Å²) in [7, 11) is 0. The number of likely N-dealkylation sites (tertiary alicyclic amines) is 1. The molecule has 0 spiro atoms. The molecule has 4 rings (SSSR count). The third kappa shape index (κ3) is 3.91. The molecule has 8 nitrogen and oxygen atoms in total. The summed E-state index contributed by atoms with van der Waals surface area (Å²) in [6, 6.07) is 0.442. The average molecular weight is 385 g/mol. The van der Waals surface area contributed by atoms with Crippen LogP contribution in [0.25, 0.3) is 0 Å². The number of fused-ring (bicyclic) bond motifs is 1. The van der Waals surface area contributed by atoms with E-state index in [1.54, 1.807) is 0 Å². The number of rotatable bonds is 4. The van der Waals surface area contributed by atoms with Crippen molar-refractivity contribution in [1.82, 2.24) is 34.5 Å². The molecule has 1 saturated heterocycles. The van der Waals surface area contributed by atoms with Crippen LogP contribution in [0.4, 0.5) is 0 Å².